The molecule has 0 aliphatic rings. The molecule has 6 nitrogen and oxygen atoms in total. The van der Waals surface area contributed by atoms with Crippen molar-refractivity contribution in [3.63, 3.8) is 0 Å². The molecule has 1 aromatic carbocycles. The van der Waals surface area contributed by atoms with Gasteiger partial charge in [-0.05, 0) is 49.7 Å². The van der Waals surface area contributed by atoms with Crippen molar-refractivity contribution in [1.29, 1.82) is 0 Å². The topological polar surface area (TPSA) is 68.8 Å². The van der Waals surface area contributed by atoms with Crippen LogP contribution in [-0.2, 0) is 17.8 Å². The van der Waals surface area contributed by atoms with Crippen LogP contribution in [0.3, 0.4) is 0 Å². The summed E-state index contributed by atoms with van der Waals surface area (Å²) < 4.78 is 0. The minimum atomic E-state index is -0.0221. The molecule has 0 bridgehead atoms. The molecular formula is C19H27N5OS. The lowest BCUT2D eigenvalue weighted by atomic mass is 10.2. The van der Waals surface area contributed by atoms with E-state index in [1.54, 1.807) is 18.4 Å². The van der Waals surface area contributed by atoms with Crippen molar-refractivity contribution in [2.24, 2.45) is 4.99 Å². The van der Waals surface area contributed by atoms with Gasteiger partial charge in [-0.1, -0.05) is 18.2 Å². The first-order chi connectivity index (χ1) is 12.6. The third-order valence-corrected chi connectivity index (χ3v) is 4.53. The number of benzene rings is 1. The van der Waals surface area contributed by atoms with Crippen molar-refractivity contribution in [1.82, 2.24) is 15.5 Å². The van der Waals surface area contributed by atoms with Crippen LogP contribution in [0.4, 0.5) is 5.69 Å². The number of hydrogen-bond acceptors (Lipinski definition) is 4. The number of amides is 1. The summed E-state index contributed by atoms with van der Waals surface area (Å²) in [6, 6.07) is 12.0. The van der Waals surface area contributed by atoms with E-state index in [1.165, 1.54) is 4.88 Å². The van der Waals surface area contributed by atoms with Gasteiger partial charge in [0, 0.05) is 30.7 Å². The highest BCUT2D eigenvalue weighted by Crippen LogP contribution is 2.11. The quantitative estimate of drug-likeness (QED) is 0.490. The molecule has 0 fully saturated rings. The van der Waals surface area contributed by atoms with Gasteiger partial charge in [-0.25, -0.2) is 0 Å². The monoisotopic (exact) mass is 373 g/mol. The van der Waals surface area contributed by atoms with Gasteiger partial charge in [-0.15, -0.1) is 11.3 Å². The van der Waals surface area contributed by atoms with Crippen molar-refractivity contribution in [2.45, 2.75) is 13.0 Å². The summed E-state index contributed by atoms with van der Waals surface area (Å²) in [5, 5.41) is 11.6. The summed E-state index contributed by atoms with van der Waals surface area (Å²) in [7, 11) is 5.51. The zero-order valence-electron chi connectivity index (χ0n) is 15.6. The van der Waals surface area contributed by atoms with Gasteiger partial charge in [0.2, 0.25) is 5.91 Å². The molecule has 3 N–H and O–H groups in total. The number of nitrogens with one attached hydrogen (secondary N) is 3. The Morgan fingerprint density at radius 3 is 2.73 bits per heavy atom. The lowest BCUT2D eigenvalue weighted by Gasteiger charge is -2.13. The first kappa shape index (κ1) is 19.9. The predicted molar refractivity (Wildman–Crippen MR) is 110 cm³/mol. The van der Waals surface area contributed by atoms with Crippen molar-refractivity contribution in [3.05, 3.63) is 52.2 Å². The van der Waals surface area contributed by atoms with Crippen LogP contribution in [0.2, 0.25) is 0 Å². The highest BCUT2D eigenvalue weighted by atomic mass is 32.1. The highest BCUT2D eigenvalue weighted by molar-refractivity contribution is 7.09. The Hall–Kier alpha value is -2.38. The van der Waals surface area contributed by atoms with Crippen LogP contribution in [0.1, 0.15) is 10.4 Å². The van der Waals surface area contributed by atoms with Crippen molar-refractivity contribution in [2.75, 3.05) is 39.5 Å². The molecule has 0 unspecified atom stereocenters. The lowest BCUT2D eigenvalue weighted by Crippen LogP contribution is -2.37. The molecule has 1 heterocycles. The van der Waals surface area contributed by atoms with Crippen LogP contribution < -0.4 is 16.0 Å². The van der Waals surface area contributed by atoms with E-state index in [4.69, 9.17) is 0 Å². The van der Waals surface area contributed by atoms with E-state index in [9.17, 15) is 4.79 Å². The molecule has 0 aliphatic heterocycles. The minimum Gasteiger partial charge on any atom is -0.356 e. The van der Waals surface area contributed by atoms with Crippen LogP contribution in [0.25, 0.3) is 0 Å². The third kappa shape index (κ3) is 7.25. The minimum absolute atomic E-state index is 0.0221. The number of anilines is 1. The summed E-state index contributed by atoms with van der Waals surface area (Å²) in [6.07, 6.45) is 0.978. The van der Waals surface area contributed by atoms with Crippen LogP contribution in [0.15, 0.2) is 46.8 Å². The fourth-order valence-corrected chi connectivity index (χ4v) is 3.12. The number of guanidine groups is 1. The smallest absolute Gasteiger partial charge is 0.238 e. The van der Waals surface area contributed by atoms with Gasteiger partial charge in [0.1, 0.15) is 0 Å². The summed E-state index contributed by atoms with van der Waals surface area (Å²) >= 11 is 1.76. The molecule has 0 atom stereocenters. The van der Waals surface area contributed by atoms with E-state index in [1.807, 2.05) is 43.3 Å². The van der Waals surface area contributed by atoms with Crippen LogP contribution >= 0.6 is 11.3 Å². The maximum absolute atomic E-state index is 11.9. The molecule has 0 aliphatic carbocycles. The summed E-state index contributed by atoms with van der Waals surface area (Å²) in [4.78, 5) is 19.3. The standard InChI is InChI=1S/C19H27N5OS/c1-20-19(21-10-9-17-8-5-11-26-17)22-13-15-6-4-7-16(12-15)23-18(25)14-24(2)3/h4-8,11-12H,9-10,13-14H2,1-3H3,(H,23,25)(H2,20,21,22). The molecule has 2 aromatic rings. The molecule has 7 heteroatoms. The number of hydrogen-bond donors (Lipinski definition) is 3. The predicted octanol–water partition coefficient (Wildman–Crippen LogP) is 2.16. The maximum Gasteiger partial charge on any atom is 0.238 e. The molecule has 0 radical (unpaired) electrons. The third-order valence-electron chi connectivity index (χ3n) is 3.60. The van der Waals surface area contributed by atoms with Crippen molar-refractivity contribution >= 4 is 28.9 Å². The summed E-state index contributed by atoms with van der Waals surface area (Å²) in [5.74, 6) is 0.745. The van der Waals surface area contributed by atoms with E-state index in [2.05, 4.69) is 38.5 Å². The van der Waals surface area contributed by atoms with Gasteiger partial charge in [0.15, 0.2) is 5.96 Å². The number of thiophene rings is 1. The Morgan fingerprint density at radius 1 is 1.19 bits per heavy atom. The average molecular weight is 374 g/mol. The van der Waals surface area contributed by atoms with Gasteiger partial charge in [-0.3, -0.25) is 9.79 Å². The van der Waals surface area contributed by atoms with Gasteiger partial charge in [-0.2, -0.15) is 0 Å². The number of nitrogens with zero attached hydrogens (tertiary/aromatic N) is 2. The second-order valence-corrected chi connectivity index (χ2v) is 7.20. The second-order valence-electron chi connectivity index (χ2n) is 6.17. The fourth-order valence-electron chi connectivity index (χ4n) is 2.41. The fraction of sp³-hybridized carbons (Fsp3) is 0.368. The van der Waals surface area contributed by atoms with Gasteiger partial charge < -0.3 is 20.9 Å². The van der Waals surface area contributed by atoms with E-state index < -0.39 is 0 Å². The lowest BCUT2D eigenvalue weighted by molar-refractivity contribution is -0.116. The number of carbonyl (C=O) groups is 1. The Bertz CT molecular complexity index is 712. The first-order valence-corrected chi connectivity index (χ1v) is 9.45. The zero-order chi connectivity index (χ0) is 18.8. The number of carbonyl (C=O) groups excluding carboxylic acids is 1. The van der Waals surface area contributed by atoms with Gasteiger partial charge >= 0.3 is 0 Å². The van der Waals surface area contributed by atoms with Gasteiger partial charge in [0.05, 0.1) is 6.54 Å². The molecule has 26 heavy (non-hydrogen) atoms. The molecular weight excluding hydrogens is 346 g/mol. The normalized spacial score (nSPS) is 11.5. The number of aliphatic imine (C=N–C) groups is 1. The summed E-state index contributed by atoms with van der Waals surface area (Å²) in [5.41, 5.74) is 1.88. The second kappa shape index (κ2) is 10.6. The molecule has 0 saturated carbocycles. The van der Waals surface area contributed by atoms with E-state index in [0.717, 1.165) is 30.2 Å². The first-order valence-electron chi connectivity index (χ1n) is 8.57. The molecule has 1 amide bonds. The Labute approximate surface area is 159 Å². The molecule has 2 rings (SSSR count). The van der Waals surface area contributed by atoms with E-state index >= 15 is 0 Å². The molecule has 1 aromatic heterocycles. The molecule has 0 saturated heterocycles. The Morgan fingerprint density at radius 2 is 2.04 bits per heavy atom. The van der Waals surface area contributed by atoms with Crippen LogP contribution in [0, 0.1) is 0 Å². The molecule has 140 valence electrons. The molecule has 0 spiro atoms. The van der Waals surface area contributed by atoms with E-state index in [0.29, 0.717) is 13.1 Å². The van der Waals surface area contributed by atoms with E-state index in [-0.39, 0.29) is 5.91 Å². The Kier molecular flexibility index (Phi) is 8.11. The van der Waals surface area contributed by atoms with Crippen molar-refractivity contribution in [3.8, 4) is 0 Å². The van der Waals surface area contributed by atoms with Crippen molar-refractivity contribution < 1.29 is 4.79 Å². The average Bonchev–Trinajstić information content (AvgIpc) is 3.11. The van der Waals surface area contributed by atoms with Crippen LogP contribution in [0.5, 0.6) is 0 Å². The van der Waals surface area contributed by atoms with Crippen LogP contribution in [-0.4, -0.2) is 51.0 Å². The highest BCUT2D eigenvalue weighted by Gasteiger charge is 2.05. The maximum atomic E-state index is 11.9. The zero-order valence-corrected chi connectivity index (χ0v) is 16.4. The SMILES string of the molecule is CN=C(NCCc1cccs1)NCc1cccc(NC(=O)CN(C)C)c1. The van der Waals surface area contributed by atoms with Gasteiger partial charge in [0.25, 0.3) is 0 Å². The summed E-state index contributed by atoms with van der Waals surface area (Å²) in [6.45, 7) is 1.83. The number of rotatable bonds is 8. The largest absolute Gasteiger partial charge is 0.356 e. The number of likely N-dealkylation sites (N-methyl/N-ethyl adjacent to an activating group) is 1. The Balaban J connectivity index is 1.79.